The molecule has 0 aliphatic heterocycles. The van der Waals surface area contributed by atoms with Gasteiger partial charge >= 0.3 is 0 Å². The molecule has 0 amide bonds. The summed E-state index contributed by atoms with van der Waals surface area (Å²) >= 11 is 0. The molecule has 1 aromatic rings. The molecule has 1 N–H and O–H groups in total. The van der Waals surface area contributed by atoms with Crippen molar-refractivity contribution in [1.82, 2.24) is 5.48 Å². The lowest BCUT2D eigenvalue weighted by molar-refractivity contribution is 0.000941. The fourth-order valence-corrected chi connectivity index (χ4v) is 0.899. The van der Waals surface area contributed by atoms with Crippen LogP contribution in [0.2, 0.25) is 0 Å². The van der Waals surface area contributed by atoms with E-state index in [4.69, 9.17) is 14.0 Å². The van der Waals surface area contributed by atoms with Gasteiger partial charge < -0.3 is 9.15 Å². The lowest BCUT2D eigenvalue weighted by Gasteiger charge is -2.03. The van der Waals surface area contributed by atoms with Gasteiger partial charge in [0.2, 0.25) is 0 Å². The zero-order valence-electron chi connectivity index (χ0n) is 8.00. The predicted molar refractivity (Wildman–Crippen MR) is 48.1 cm³/mol. The fourth-order valence-electron chi connectivity index (χ4n) is 0.899. The SMILES string of the molecule is COCCONCc1occc1C. The molecule has 0 unspecified atom stereocenters. The van der Waals surface area contributed by atoms with Gasteiger partial charge in [0.1, 0.15) is 5.76 Å². The molecule has 0 saturated heterocycles. The summed E-state index contributed by atoms with van der Waals surface area (Å²) in [6.07, 6.45) is 1.67. The minimum atomic E-state index is 0.538. The van der Waals surface area contributed by atoms with Gasteiger partial charge in [-0.3, -0.25) is 4.84 Å². The first-order valence-electron chi connectivity index (χ1n) is 4.21. The van der Waals surface area contributed by atoms with E-state index in [2.05, 4.69) is 5.48 Å². The van der Waals surface area contributed by atoms with E-state index in [1.807, 2.05) is 13.0 Å². The van der Waals surface area contributed by atoms with Crippen LogP contribution in [-0.4, -0.2) is 20.3 Å². The third kappa shape index (κ3) is 3.59. The average Bonchev–Trinajstić information content (AvgIpc) is 2.52. The molecule has 0 bridgehead atoms. The van der Waals surface area contributed by atoms with Crippen LogP contribution in [0.4, 0.5) is 0 Å². The molecule has 13 heavy (non-hydrogen) atoms. The monoisotopic (exact) mass is 185 g/mol. The van der Waals surface area contributed by atoms with Crippen molar-refractivity contribution in [3.05, 3.63) is 23.7 Å². The molecule has 0 saturated carbocycles. The lowest BCUT2D eigenvalue weighted by atomic mass is 10.3. The molecule has 1 heterocycles. The Morgan fingerprint density at radius 3 is 2.92 bits per heavy atom. The lowest BCUT2D eigenvalue weighted by Crippen LogP contribution is -2.17. The summed E-state index contributed by atoms with van der Waals surface area (Å²) in [6, 6.07) is 1.92. The van der Waals surface area contributed by atoms with E-state index in [0.717, 1.165) is 11.3 Å². The molecule has 1 rings (SSSR count). The van der Waals surface area contributed by atoms with Gasteiger partial charge in [-0.05, 0) is 18.6 Å². The molecular formula is C9H15NO3. The Bertz CT molecular complexity index is 235. The van der Waals surface area contributed by atoms with Crippen LogP contribution in [0, 0.1) is 6.92 Å². The quantitative estimate of drug-likeness (QED) is 0.535. The van der Waals surface area contributed by atoms with Crippen LogP contribution in [0.3, 0.4) is 0 Å². The van der Waals surface area contributed by atoms with Crippen molar-refractivity contribution in [3.8, 4) is 0 Å². The third-order valence-electron chi connectivity index (χ3n) is 1.69. The number of furan rings is 1. The highest BCUT2D eigenvalue weighted by Gasteiger charge is 1.99. The van der Waals surface area contributed by atoms with Crippen LogP contribution >= 0.6 is 0 Å². The van der Waals surface area contributed by atoms with Gasteiger partial charge in [0, 0.05) is 7.11 Å². The number of ether oxygens (including phenoxy) is 1. The fraction of sp³-hybridized carbons (Fsp3) is 0.556. The van der Waals surface area contributed by atoms with Crippen molar-refractivity contribution in [2.45, 2.75) is 13.5 Å². The van der Waals surface area contributed by atoms with Crippen LogP contribution in [0.5, 0.6) is 0 Å². The van der Waals surface area contributed by atoms with Crippen molar-refractivity contribution in [3.63, 3.8) is 0 Å². The van der Waals surface area contributed by atoms with Crippen LogP contribution < -0.4 is 5.48 Å². The standard InChI is InChI=1S/C9H15NO3/c1-8-3-4-12-9(8)7-10-13-6-5-11-2/h3-4,10H,5-7H2,1-2H3. The van der Waals surface area contributed by atoms with E-state index in [0.29, 0.717) is 19.8 Å². The smallest absolute Gasteiger partial charge is 0.122 e. The minimum Gasteiger partial charge on any atom is -0.468 e. The topological polar surface area (TPSA) is 43.6 Å². The Morgan fingerprint density at radius 1 is 1.46 bits per heavy atom. The maximum absolute atomic E-state index is 5.20. The zero-order valence-corrected chi connectivity index (χ0v) is 8.00. The predicted octanol–water partition coefficient (Wildman–Crippen LogP) is 1.26. The summed E-state index contributed by atoms with van der Waals surface area (Å²) in [5, 5.41) is 0. The molecule has 0 aliphatic carbocycles. The normalized spacial score (nSPS) is 10.6. The zero-order chi connectivity index (χ0) is 9.52. The Hall–Kier alpha value is -0.840. The van der Waals surface area contributed by atoms with Crippen LogP contribution in [0.15, 0.2) is 16.7 Å². The molecule has 4 nitrogen and oxygen atoms in total. The highest BCUT2D eigenvalue weighted by Crippen LogP contribution is 2.07. The molecule has 0 fully saturated rings. The van der Waals surface area contributed by atoms with E-state index in [1.54, 1.807) is 13.4 Å². The van der Waals surface area contributed by atoms with Gasteiger partial charge in [-0.2, -0.15) is 5.48 Å². The Labute approximate surface area is 77.8 Å². The molecule has 0 atom stereocenters. The number of methoxy groups -OCH3 is 1. The first kappa shape index (κ1) is 10.2. The second-order valence-corrected chi connectivity index (χ2v) is 2.69. The second kappa shape index (κ2) is 5.75. The van der Waals surface area contributed by atoms with Crippen LogP contribution in [0.1, 0.15) is 11.3 Å². The largest absolute Gasteiger partial charge is 0.468 e. The summed E-state index contributed by atoms with van der Waals surface area (Å²) in [6.45, 7) is 3.71. The molecule has 1 aromatic heterocycles. The van der Waals surface area contributed by atoms with E-state index in [1.165, 1.54) is 0 Å². The Kier molecular flexibility index (Phi) is 4.53. The number of rotatable bonds is 6. The van der Waals surface area contributed by atoms with Crippen molar-refractivity contribution in [1.29, 1.82) is 0 Å². The average molecular weight is 185 g/mol. The summed E-state index contributed by atoms with van der Waals surface area (Å²) in [4.78, 5) is 5.07. The van der Waals surface area contributed by atoms with E-state index in [9.17, 15) is 0 Å². The van der Waals surface area contributed by atoms with E-state index >= 15 is 0 Å². The van der Waals surface area contributed by atoms with Gasteiger partial charge in [0.05, 0.1) is 26.0 Å². The molecule has 0 spiro atoms. The summed E-state index contributed by atoms with van der Waals surface area (Å²) < 4.78 is 10.0. The summed E-state index contributed by atoms with van der Waals surface area (Å²) in [5.41, 5.74) is 3.92. The highest BCUT2D eigenvalue weighted by molar-refractivity contribution is 5.13. The van der Waals surface area contributed by atoms with Crippen molar-refractivity contribution < 1.29 is 14.0 Å². The number of aryl methyl sites for hydroxylation is 1. The molecule has 74 valence electrons. The van der Waals surface area contributed by atoms with Crippen molar-refractivity contribution in [2.75, 3.05) is 20.3 Å². The van der Waals surface area contributed by atoms with Gasteiger partial charge in [-0.25, -0.2) is 0 Å². The van der Waals surface area contributed by atoms with Gasteiger partial charge in [0.25, 0.3) is 0 Å². The van der Waals surface area contributed by atoms with Gasteiger partial charge in [-0.15, -0.1) is 0 Å². The molecular weight excluding hydrogens is 170 g/mol. The highest BCUT2D eigenvalue weighted by atomic mass is 16.7. The van der Waals surface area contributed by atoms with E-state index < -0.39 is 0 Å². The maximum Gasteiger partial charge on any atom is 0.122 e. The van der Waals surface area contributed by atoms with Crippen molar-refractivity contribution >= 4 is 0 Å². The van der Waals surface area contributed by atoms with Crippen LogP contribution in [0.25, 0.3) is 0 Å². The van der Waals surface area contributed by atoms with Crippen LogP contribution in [-0.2, 0) is 16.1 Å². The number of hydrogen-bond acceptors (Lipinski definition) is 4. The molecule has 0 aromatic carbocycles. The summed E-state index contributed by atoms with van der Waals surface area (Å²) in [5.74, 6) is 0.900. The summed E-state index contributed by atoms with van der Waals surface area (Å²) in [7, 11) is 1.64. The van der Waals surface area contributed by atoms with Crippen molar-refractivity contribution in [2.24, 2.45) is 0 Å². The van der Waals surface area contributed by atoms with Gasteiger partial charge in [-0.1, -0.05) is 0 Å². The third-order valence-corrected chi connectivity index (χ3v) is 1.69. The Morgan fingerprint density at radius 2 is 2.31 bits per heavy atom. The number of nitrogens with one attached hydrogen (secondary N) is 1. The minimum absolute atomic E-state index is 0.538. The van der Waals surface area contributed by atoms with E-state index in [-0.39, 0.29) is 0 Å². The first-order chi connectivity index (χ1) is 6.34. The Balaban J connectivity index is 2.10. The maximum atomic E-state index is 5.20. The number of hydrogen-bond donors (Lipinski definition) is 1. The van der Waals surface area contributed by atoms with Gasteiger partial charge in [0.15, 0.2) is 0 Å². The first-order valence-corrected chi connectivity index (χ1v) is 4.21. The molecule has 0 aliphatic rings. The molecule has 0 radical (unpaired) electrons. The molecule has 4 heteroatoms. The second-order valence-electron chi connectivity index (χ2n) is 2.69. The number of hydroxylamine groups is 1.